The van der Waals surface area contributed by atoms with E-state index in [0.29, 0.717) is 19.3 Å². The number of rotatable bonds is 3. The zero-order chi connectivity index (χ0) is 13.2. The lowest BCUT2D eigenvalue weighted by molar-refractivity contribution is -0.135. The molecule has 1 aliphatic heterocycles. The number of nitrogens with zero attached hydrogens (tertiary/aromatic N) is 2. The van der Waals surface area contributed by atoms with Crippen LogP contribution in [0.4, 0.5) is 0 Å². The van der Waals surface area contributed by atoms with Gasteiger partial charge in [-0.15, -0.1) is 0 Å². The molecule has 0 spiro atoms. The fourth-order valence-corrected chi connectivity index (χ4v) is 3.25. The Hall–Kier alpha value is -1.12. The van der Waals surface area contributed by atoms with E-state index in [4.69, 9.17) is 4.74 Å². The predicted molar refractivity (Wildman–Crippen MR) is 69.2 cm³/mol. The number of amides is 1. The summed E-state index contributed by atoms with van der Waals surface area (Å²) in [5.74, 6) is 0.167. The Kier molecular flexibility index (Phi) is 3.72. The lowest BCUT2D eigenvalue weighted by Crippen LogP contribution is -2.58. The summed E-state index contributed by atoms with van der Waals surface area (Å²) in [6.07, 6.45) is 5.30. The maximum Gasteiger partial charge on any atom is 0.239 e. The van der Waals surface area contributed by atoms with E-state index in [-0.39, 0.29) is 23.9 Å². The van der Waals surface area contributed by atoms with Crippen molar-refractivity contribution in [2.24, 2.45) is 5.92 Å². The highest BCUT2D eigenvalue weighted by Gasteiger charge is 2.40. The number of nitriles is 1. The van der Waals surface area contributed by atoms with Crippen molar-refractivity contribution in [2.75, 3.05) is 19.8 Å². The Morgan fingerprint density at radius 2 is 2.16 bits per heavy atom. The third-order valence-corrected chi connectivity index (χ3v) is 4.47. The van der Waals surface area contributed by atoms with Crippen LogP contribution in [-0.4, -0.2) is 48.7 Å². The summed E-state index contributed by atoms with van der Waals surface area (Å²) in [4.78, 5) is 14.5. The van der Waals surface area contributed by atoms with Crippen LogP contribution in [0.2, 0.25) is 0 Å². The highest BCUT2D eigenvalue weighted by molar-refractivity contribution is 5.82. The molecule has 0 aromatic heterocycles. The molecule has 19 heavy (non-hydrogen) atoms. The molecule has 0 aromatic rings. The van der Waals surface area contributed by atoms with E-state index >= 15 is 0 Å². The quantitative estimate of drug-likeness (QED) is 0.812. The van der Waals surface area contributed by atoms with Crippen molar-refractivity contribution in [3.05, 3.63) is 0 Å². The Labute approximate surface area is 113 Å². The Balaban J connectivity index is 1.69. The minimum absolute atomic E-state index is 0.0781. The molecule has 3 atom stereocenters. The van der Waals surface area contributed by atoms with E-state index in [2.05, 4.69) is 16.3 Å². The highest BCUT2D eigenvalue weighted by Crippen LogP contribution is 2.32. The van der Waals surface area contributed by atoms with Gasteiger partial charge in [0.15, 0.2) is 0 Å². The summed E-state index contributed by atoms with van der Waals surface area (Å²) in [5.41, 5.74) is 0. The standard InChI is InChI=1S/C14H21N3O2/c15-8-10-2-1-3-12(10)17-6-7-19-9-13(17)14(18)16-11-4-5-11/h10-13H,1-7,9H2,(H,16,18). The van der Waals surface area contributed by atoms with Crippen LogP contribution in [0.5, 0.6) is 0 Å². The summed E-state index contributed by atoms with van der Waals surface area (Å²) in [6.45, 7) is 1.90. The lowest BCUT2D eigenvalue weighted by Gasteiger charge is -2.39. The van der Waals surface area contributed by atoms with Gasteiger partial charge in [-0.25, -0.2) is 0 Å². The van der Waals surface area contributed by atoms with Crippen LogP contribution < -0.4 is 5.32 Å². The average molecular weight is 263 g/mol. The highest BCUT2D eigenvalue weighted by atomic mass is 16.5. The molecule has 1 saturated heterocycles. The van der Waals surface area contributed by atoms with Crippen molar-refractivity contribution in [1.82, 2.24) is 10.2 Å². The maximum absolute atomic E-state index is 12.3. The van der Waals surface area contributed by atoms with E-state index < -0.39 is 0 Å². The summed E-state index contributed by atoms with van der Waals surface area (Å²) in [6, 6.07) is 2.83. The third kappa shape index (κ3) is 2.75. The van der Waals surface area contributed by atoms with Gasteiger partial charge in [0.25, 0.3) is 0 Å². The van der Waals surface area contributed by atoms with Gasteiger partial charge in [-0.3, -0.25) is 9.69 Å². The third-order valence-electron chi connectivity index (χ3n) is 4.47. The van der Waals surface area contributed by atoms with E-state index in [0.717, 1.165) is 38.6 Å². The van der Waals surface area contributed by atoms with Crippen LogP contribution in [0.15, 0.2) is 0 Å². The minimum Gasteiger partial charge on any atom is -0.378 e. The molecule has 2 saturated carbocycles. The minimum atomic E-state index is -0.201. The van der Waals surface area contributed by atoms with Crippen molar-refractivity contribution in [3.8, 4) is 6.07 Å². The molecule has 5 heteroatoms. The topological polar surface area (TPSA) is 65.4 Å². The maximum atomic E-state index is 12.3. The molecule has 1 heterocycles. The smallest absolute Gasteiger partial charge is 0.239 e. The predicted octanol–water partition coefficient (Wildman–Crippen LogP) is 0.658. The largest absolute Gasteiger partial charge is 0.378 e. The fraction of sp³-hybridized carbons (Fsp3) is 0.857. The number of hydrogen-bond donors (Lipinski definition) is 1. The van der Waals surface area contributed by atoms with Crippen molar-refractivity contribution in [2.45, 2.75) is 50.2 Å². The van der Waals surface area contributed by atoms with Crippen molar-refractivity contribution >= 4 is 5.91 Å². The molecular formula is C14H21N3O2. The van der Waals surface area contributed by atoms with Gasteiger partial charge in [-0.2, -0.15) is 5.26 Å². The van der Waals surface area contributed by atoms with Crippen LogP contribution in [0.1, 0.15) is 32.1 Å². The van der Waals surface area contributed by atoms with Crippen molar-refractivity contribution in [3.63, 3.8) is 0 Å². The van der Waals surface area contributed by atoms with Gasteiger partial charge in [0.1, 0.15) is 6.04 Å². The molecule has 3 rings (SSSR count). The van der Waals surface area contributed by atoms with Crippen LogP contribution in [0.3, 0.4) is 0 Å². The molecule has 0 radical (unpaired) electrons. The van der Waals surface area contributed by atoms with Crippen LogP contribution >= 0.6 is 0 Å². The first-order valence-corrected chi connectivity index (χ1v) is 7.33. The monoisotopic (exact) mass is 263 g/mol. The number of carbonyl (C=O) groups excluding carboxylic acids is 1. The molecule has 104 valence electrons. The second-order valence-electron chi connectivity index (χ2n) is 5.85. The van der Waals surface area contributed by atoms with E-state index in [1.807, 2.05) is 0 Å². The van der Waals surface area contributed by atoms with Crippen LogP contribution in [-0.2, 0) is 9.53 Å². The molecule has 1 N–H and O–H groups in total. The number of hydrogen-bond acceptors (Lipinski definition) is 4. The van der Waals surface area contributed by atoms with Gasteiger partial charge in [0, 0.05) is 18.6 Å². The number of carbonyl (C=O) groups is 1. The molecule has 0 aromatic carbocycles. The van der Waals surface area contributed by atoms with Gasteiger partial charge in [0.05, 0.1) is 25.2 Å². The first-order chi connectivity index (χ1) is 9.29. The molecule has 3 aliphatic rings. The average Bonchev–Trinajstić information content (AvgIpc) is 3.12. The van der Waals surface area contributed by atoms with Gasteiger partial charge >= 0.3 is 0 Å². The lowest BCUT2D eigenvalue weighted by atomic mass is 10.0. The molecule has 1 amide bonds. The number of morpholine rings is 1. The zero-order valence-electron chi connectivity index (χ0n) is 11.2. The van der Waals surface area contributed by atoms with Crippen LogP contribution in [0.25, 0.3) is 0 Å². The van der Waals surface area contributed by atoms with Crippen molar-refractivity contribution < 1.29 is 9.53 Å². The van der Waals surface area contributed by atoms with Gasteiger partial charge in [0.2, 0.25) is 5.91 Å². The Bertz CT molecular complexity index is 389. The second kappa shape index (κ2) is 5.48. The Morgan fingerprint density at radius 3 is 2.89 bits per heavy atom. The molecule has 5 nitrogen and oxygen atoms in total. The number of nitrogens with one attached hydrogen (secondary N) is 1. The second-order valence-corrected chi connectivity index (χ2v) is 5.85. The molecule has 0 bridgehead atoms. The van der Waals surface area contributed by atoms with E-state index in [9.17, 15) is 10.1 Å². The Morgan fingerprint density at radius 1 is 1.32 bits per heavy atom. The summed E-state index contributed by atoms with van der Waals surface area (Å²) in [7, 11) is 0. The first-order valence-electron chi connectivity index (χ1n) is 7.33. The molecule has 3 fully saturated rings. The molecular weight excluding hydrogens is 242 g/mol. The zero-order valence-corrected chi connectivity index (χ0v) is 11.2. The fourth-order valence-electron chi connectivity index (χ4n) is 3.25. The SMILES string of the molecule is N#CC1CCCC1N1CCOCC1C(=O)NC1CC1. The van der Waals surface area contributed by atoms with E-state index in [1.54, 1.807) is 0 Å². The molecule has 2 aliphatic carbocycles. The molecule has 3 unspecified atom stereocenters. The summed E-state index contributed by atoms with van der Waals surface area (Å²) >= 11 is 0. The van der Waals surface area contributed by atoms with Crippen molar-refractivity contribution in [1.29, 1.82) is 5.26 Å². The van der Waals surface area contributed by atoms with Crippen LogP contribution in [0, 0.1) is 17.2 Å². The normalized spacial score (nSPS) is 35.8. The summed E-state index contributed by atoms with van der Waals surface area (Å²) < 4.78 is 5.48. The summed E-state index contributed by atoms with van der Waals surface area (Å²) in [5, 5.41) is 12.3. The number of ether oxygens (including phenoxy) is 1. The van der Waals surface area contributed by atoms with Gasteiger partial charge < -0.3 is 10.1 Å². The van der Waals surface area contributed by atoms with Gasteiger partial charge in [-0.1, -0.05) is 6.42 Å². The first kappa shape index (κ1) is 12.9. The van der Waals surface area contributed by atoms with Gasteiger partial charge in [-0.05, 0) is 25.7 Å². The van der Waals surface area contributed by atoms with E-state index in [1.165, 1.54) is 0 Å².